The standard InChI is InChI=1S/C15H28O2/c1-13(2,14(16)9-5-3-6-10-14)15(17)11-7-4-8-12-15/h16-17H,3-12H2,1-2H3. The molecule has 0 amide bonds. The molecule has 2 fully saturated rings. The molecule has 2 N–H and O–H groups in total. The monoisotopic (exact) mass is 240 g/mol. The molecule has 0 radical (unpaired) electrons. The van der Waals surface area contributed by atoms with Gasteiger partial charge in [0.05, 0.1) is 11.2 Å². The van der Waals surface area contributed by atoms with E-state index in [9.17, 15) is 10.2 Å². The third-order valence-electron chi connectivity index (χ3n) is 5.69. The zero-order chi connectivity index (χ0) is 12.6. The van der Waals surface area contributed by atoms with Gasteiger partial charge in [0.15, 0.2) is 0 Å². The fraction of sp³-hybridized carbons (Fsp3) is 1.00. The molecule has 0 unspecified atom stereocenters. The number of rotatable bonds is 2. The summed E-state index contributed by atoms with van der Waals surface area (Å²) in [6.45, 7) is 4.17. The van der Waals surface area contributed by atoms with Crippen LogP contribution in [-0.4, -0.2) is 21.4 Å². The topological polar surface area (TPSA) is 40.5 Å². The van der Waals surface area contributed by atoms with Gasteiger partial charge in [0.2, 0.25) is 0 Å². The summed E-state index contributed by atoms with van der Waals surface area (Å²) >= 11 is 0. The third kappa shape index (κ3) is 2.15. The second-order valence-corrected chi connectivity index (χ2v) is 6.81. The minimum atomic E-state index is -0.655. The van der Waals surface area contributed by atoms with Gasteiger partial charge in [-0.2, -0.15) is 0 Å². The van der Waals surface area contributed by atoms with Gasteiger partial charge in [-0.1, -0.05) is 52.4 Å². The van der Waals surface area contributed by atoms with Crippen LogP contribution in [0.3, 0.4) is 0 Å². The molecular formula is C15H28O2. The highest BCUT2D eigenvalue weighted by molar-refractivity contribution is 5.07. The van der Waals surface area contributed by atoms with Crippen molar-refractivity contribution < 1.29 is 10.2 Å². The Labute approximate surface area is 105 Å². The lowest BCUT2D eigenvalue weighted by Gasteiger charge is -2.55. The SMILES string of the molecule is CC(C)(C1(O)CCCCC1)C1(O)CCCCC1. The van der Waals surface area contributed by atoms with E-state index in [4.69, 9.17) is 0 Å². The van der Waals surface area contributed by atoms with Crippen LogP contribution in [0.15, 0.2) is 0 Å². The van der Waals surface area contributed by atoms with Gasteiger partial charge in [-0.05, 0) is 25.7 Å². The zero-order valence-corrected chi connectivity index (χ0v) is 11.5. The van der Waals surface area contributed by atoms with Crippen molar-refractivity contribution in [2.75, 3.05) is 0 Å². The highest BCUT2D eigenvalue weighted by Crippen LogP contribution is 2.53. The average molecular weight is 240 g/mol. The van der Waals surface area contributed by atoms with Gasteiger partial charge >= 0.3 is 0 Å². The first kappa shape index (κ1) is 13.4. The van der Waals surface area contributed by atoms with E-state index in [1.807, 2.05) is 0 Å². The Hall–Kier alpha value is -0.0800. The molecule has 0 saturated heterocycles. The van der Waals surface area contributed by atoms with Crippen LogP contribution in [-0.2, 0) is 0 Å². The van der Waals surface area contributed by atoms with E-state index >= 15 is 0 Å². The Bertz CT molecular complexity index is 232. The fourth-order valence-electron chi connectivity index (χ4n) is 3.96. The Morgan fingerprint density at radius 1 is 0.647 bits per heavy atom. The van der Waals surface area contributed by atoms with E-state index in [2.05, 4.69) is 13.8 Å². The largest absolute Gasteiger partial charge is 0.389 e. The Balaban J connectivity index is 2.20. The minimum absolute atomic E-state index is 0.374. The zero-order valence-electron chi connectivity index (χ0n) is 11.5. The molecule has 2 aliphatic carbocycles. The Kier molecular flexibility index (Phi) is 3.57. The molecule has 0 aromatic carbocycles. The first-order valence-corrected chi connectivity index (χ1v) is 7.36. The summed E-state index contributed by atoms with van der Waals surface area (Å²) in [6, 6.07) is 0. The second kappa shape index (κ2) is 4.55. The van der Waals surface area contributed by atoms with E-state index in [0.29, 0.717) is 0 Å². The Morgan fingerprint density at radius 2 is 0.941 bits per heavy atom. The summed E-state index contributed by atoms with van der Waals surface area (Å²) in [5.74, 6) is 0. The minimum Gasteiger partial charge on any atom is -0.389 e. The fourth-order valence-corrected chi connectivity index (χ4v) is 3.96. The van der Waals surface area contributed by atoms with Gasteiger partial charge in [0.25, 0.3) is 0 Å². The number of aliphatic hydroxyl groups is 2. The third-order valence-corrected chi connectivity index (χ3v) is 5.69. The molecule has 2 nitrogen and oxygen atoms in total. The van der Waals surface area contributed by atoms with Crippen LogP contribution >= 0.6 is 0 Å². The lowest BCUT2D eigenvalue weighted by molar-refractivity contribution is -0.203. The van der Waals surface area contributed by atoms with Crippen molar-refractivity contribution in [3.8, 4) is 0 Å². The van der Waals surface area contributed by atoms with Crippen LogP contribution in [0.5, 0.6) is 0 Å². The van der Waals surface area contributed by atoms with Crippen molar-refractivity contribution in [1.29, 1.82) is 0 Å². The van der Waals surface area contributed by atoms with Crippen molar-refractivity contribution in [2.24, 2.45) is 5.41 Å². The van der Waals surface area contributed by atoms with Crippen molar-refractivity contribution >= 4 is 0 Å². The number of hydrogen-bond donors (Lipinski definition) is 2. The molecule has 0 aromatic heterocycles. The predicted octanol–water partition coefficient (Wildman–Crippen LogP) is 3.40. The molecule has 2 heteroatoms. The first-order chi connectivity index (χ1) is 7.91. The van der Waals surface area contributed by atoms with Crippen molar-refractivity contribution in [3.05, 3.63) is 0 Å². The van der Waals surface area contributed by atoms with E-state index in [1.54, 1.807) is 0 Å². The molecule has 0 aromatic rings. The van der Waals surface area contributed by atoms with Crippen LogP contribution < -0.4 is 0 Å². The predicted molar refractivity (Wildman–Crippen MR) is 69.9 cm³/mol. The summed E-state index contributed by atoms with van der Waals surface area (Å²) in [5.41, 5.74) is -1.68. The molecule has 0 spiro atoms. The van der Waals surface area contributed by atoms with E-state index in [1.165, 1.54) is 12.8 Å². The van der Waals surface area contributed by atoms with E-state index in [-0.39, 0.29) is 5.41 Å². The molecule has 0 aliphatic heterocycles. The van der Waals surface area contributed by atoms with Crippen LogP contribution in [0.25, 0.3) is 0 Å². The summed E-state index contributed by atoms with van der Waals surface area (Å²) < 4.78 is 0. The maximum absolute atomic E-state index is 11.0. The normalized spacial score (nSPS) is 28.9. The molecule has 100 valence electrons. The van der Waals surface area contributed by atoms with Crippen LogP contribution in [0, 0.1) is 5.41 Å². The lowest BCUT2D eigenvalue weighted by atomic mass is 9.56. The van der Waals surface area contributed by atoms with E-state index in [0.717, 1.165) is 51.4 Å². The quantitative estimate of drug-likeness (QED) is 0.776. The van der Waals surface area contributed by atoms with Gasteiger partial charge < -0.3 is 10.2 Å². The van der Waals surface area contributed by atoms with E-state index < -0.39 is 11.2 Å². The van der Waals surface area contributed by atoms with Crippen LogP contribution in [0.4, 0.5) is 0 Å². The van der Waals surface area contributed by atoms with Crippen LogP contribution in [0.1, 0.15) is 78.1 Å². The summed E-state index contributed by atoms with van der Waals surface area (Å²) in [7, 11) is 0. The molecule has 0 bridgehead atoms. The lowest BCUT2D eigenvalue weighted by Crippen LogP contribution is -2.60. The highest BCUT2D eigenvalue weighted by atomic mass is 16.3. The summed E-state index contributed by atoms with van der Waals surface area (Å²) in [4.78, 5) is 0. The maximum Gasteiger partial charge on any atom is 0.0725 e. The van der Waals surface area contributed by atoms with Crippen LogP contribution in [0.2, 0.25) is 0 Å². The average Bonchev–Trinajstić information content (AvgIpc) is 2.30. The van der Waals surface area contributed by atoms with Gasteiger partial charge in [0, 0.05) is 5.41 Å². The maximum atomic E-state index is 11.0. The second-order valence-electron chi connectivity index (χ2n) is 6.81. The van der Waals surface area contributed by atoms with Crippen molar-refractivity contribution in [2.45, 2.75) is 89.3 Å². The first-order valence-electron chi connectivity index (χ1n) is 7.36. The van der Waals surface area contributed by atoms with Crippen molar-refractivity contribution in [1.82, 2.24) is 0 Å². The van der Waals surface area contributed by atoms with Crippen molar-refractivity contribution in [3.63, 3.8) is 0 Å². The molecule has 2 aliphatic rings. The summed E-state index contributed by atoms with van der Waals surface area (Å²) in [6.07, 6.45) is 10.3. The summed E-state index contributed by atoms with van der Waals surface area (Å²) in [5, 5.41) is 21.9. The molecular weight excluding hydrogens is 212 g/mol. The smallest absolute Gasteiger partial charge is 0.0725 e. The molecule has 2 saturated carbocycles. The van der Waals surface area contributed by atoms with Gasteiger partial charge in [-0.3, -0.25) is 0 Å². The van der Waals surface area contributed by atoms with Gasteiger partial charge in [-0.15, -0.1) is 0 Å². The Morgan fingerprint density at radius 3 is 1.24 bits per heavy atom. The molecule has 2 rings (SSSR count). The molecule has 17 heavy (non-hydrogen) atoms. The highest BCUT2D eigenvalue weighted by Gasteiger charge is 2.55. The van der Waals surface area contributed by atoms with Gasteiger partial charge in [-0.25, -0.2) is 0 Å². The van der Waals surface area contributed by atoms with Gasteiger partial charge in [0.1, 0.15) is 0 Å². The number of hydrogen-bond acceptors (Lipinski definition) is 2. The molecule has 0 atom stereocenters. The molecule has 0 heterocycles.